The first-order valence-electron chi connectivity index (χ1n) is 5.76. The smallest absolute Gasteiger partial charge is 0.246 e. The van der Waals surface area contributed by atoms with E-state index in [2.05, 4.69) is 24.3 Å². The summed E-state index contributed by atoms with van der Waals surface area (Å²) < 4.78 is 26.0. The normalized spacial score (nSPS) is 12.1. The minimum absolute atomic E-state index is 0.0961. The summed E-state index contributed by atoms with van der Waals surface area (Å²) in [6.45, 7) is 4.58. The number of rotatable bonds is 6. The van der Waals surface area contributed by atoms with Crippen LogP contribution in [-0.4, -0.2) is 31.3 Å². The van der Waals surface area contributed by atoms with Gasteiger partial charge in [0, 0.05) is 26.0 Å². The van der Waals surface area contributed by atoms with Gasteiger partial charge in [0.15, 0.2) is 0 Å². The van der Waals surface area contributed by atoms with Gasteiger partial charge in [-0.3, -0.25) is 10.8 Å². The first-order valence-corrected chi connectivity index (χ1v) is 7.20. The summed E-state index contributed by atoms with van der Waals surface area (Å²) in [5, 5.41) is 0. The molecule has 0 fully saturated rings. The molecule has 0 unspecified atom stereocenters. The van der Waals surface area contributed by atoms with Crippen LogP contribution in [0.25, 0.3) is 0 Å². The lowest BCUT2D eigenvalue weighted by molar-refractivity contribution is 0.428. The number of pyridine rings is 1. The van der Waals surface area contributed by atoms with Crippen LogP contribution in [0, 0.1) is 5.92 Å². The SMILES string of the molecule is CC(C)CCN(C)S(=O)(=O)c1cnccc1NN. The van der Waals surface area contributed by atoms with Gasteiger partial charge in [0.05, 0.1) is 5.69 Å². The van der Waals surface area contributed by atoms with Gasteiger partial charge in [-0.25, -0.2) is 12.7 Å². The van der Waals surface area contributed by atoms with Crippen LogP contribution >= 0.6 is 0 Å². The number of aromatic nitrogens is 1. The van der Waals surface area contributed by atoms with Gasteiger partial charge >= 0.3 is 0 Å². The van der Waals surface area contributed by atoms with Crippen LogP contribution in [0.3, 0.4) is 0 Å². The molecule has 0 amide bonds. The van der Waals surface area contributed by atoms with Crippen molar-refractivity contribution in [3.05, 3.63) is 18.5 Å². The number of nitrogens with one attached hydrogen (secondary N) is 1. The molecule has 0 aliphatic carbocycles. The number of nitrogen functional groups attached to an aromatic ring is 1. The van der Waals surface area contributed by atoms with E-state index >= 15 is 0 Å². The molecule has 1 aromatic rings. The van der Waals surface area contributed by atoms with E-state index in [-0.39, 0.29) is 4.90 Å². The van der Waals surface area contributed by atoms with Crippen molar-refractivity contribution in [2.75, 3.05) is 19.0 Å². The Morgan fingerprint density at radius 3 is 2.72 bits per heavy atom. The molecular weight excluding hydrogens is 252 g/mol. The highest BCUT2D eigenvalue weighted by molar-refractivity contribution is 7.89. The molecule has 0 spiro atoms. The Morgan fingerprint density at radius 1 is 1.50 bits per heavy atom. The molecule has 1 heterocycles. The summed E-state index contributed by atoms with van der Waals surface area (Å²) in [6.07, 6.45) is 3.60. The van der Waals surface area contributed by atoms with E-state index in [1.165, 1.54) is 22.8 Å². The summed E-state index contributed by atoms with van der Waals surface area (Å²) in [5.41, 5.74) is 2.72. The van der Waals surface area contributed by atoms with Gasteiger partial charge in [-0.1, -0.05) is 13.8 Å². The zero-order valence-corrected chi connectivity index (χ0v) is 11.7. The minimum Gasteiger partial charge on any atom is -0.323 e. The number of nitrogens with two attached hydrogens (primary N) is 1. The lowest BCUT2D eigenvalue weighted by atomic mass is 10.1. The van der Waals surface area contributed by atoms with E-state index < -0.39 is 10.0 Å². The highest BCUT2D eigenvalue weighted by Crippen LogP contribution is 2.22. The molecule has 0 saturated carbocycles. The van der Waals surface area contributed by atoms with Crippen LogP contribution in [0.5, 0.6) is 0 Å². The zero-order chi connectivity index (χ0) is 13.8. The maximum atomic E-state index is 12.3. The van der Waals surface area contributed by atoms with Gasteiger partial charge in [-0.15, -0.1) is 0 Å². The molecule has 6 nitrogen and oxygen atoms in total. The van der Waals surface area contributed by atoms with Crippen molar-refractivity contribution in [1.29, 1.82) is 0 Å². The molecule has 1 rings (SSSR count). The van der Waals surface area contributed by atoms with E-state index in [9.17, 15) is 8.42 Å². The molecule has 0 radical (unpaired) electrons. The highest BCUT2D eigenvalue weighted by atomic mass is 32.2. The molecule has 0 bridgehead atoms. The molecule has 3 N–H and O–H groups in total. The van der Waals surface area contributed by atoms with E-state index in [1.54, 1.807) is 7.05 Å². The Bertz CT molecular complexity index is 488. The van der Waals surface area contributed by atoms with Crippen molar-refractivity contribution in [2.24, 2.45) is 11.8 Å². The third-order valence-electron chi connectivity index (χ3n) is 2.65. The second kappa shape index (κ2) is 6.12. The summed E-state index contributed by atoms with van der Waals surface area (Å²) in [7, 11) is -1.99. The van der Waals surface area contributed by atoms with Crippen molar-refractivity contribution >= 4 is 15.7 Å². The Labute approximate surface area is 108 Å². The number of hydrazine groups is 1. The summed E-state index contributed by atoms with van der Waals surface area (Å²) in [4.78, 5) is 3.93. The lowest BCUT2D eigenvalue weighted by Gasteiger charge is -2.19. The quantitative estimate of drug-likeness (QED) is 0.596. The average Bonchev–Trinajstić information content (AvgIpc) is 2.35. The number of anilines is 1. The molecule has 0 aromatic carbocycles. The standard InChI is InChI=1S/C11H20N4O2S/c1-9(2)5-7-15(3)18(16,17)11-8-13-6-4-10(11)14-12/h4,6,8-9H,5,7,12H2,1-3H3,(H,13,14). The van der Waals surface area contributed by atoms with Crippen LogP contribution < -0.4 is 11.3 Å². The fourth-order valence-corrected chi connectivity index (χ4v) is 2.71. The first kappa shape index (κ1) is 14.9. The van der Waals surface area contributed by atoms with E-state index in [1.807, 2.05) is 0 Å². The third kappa shape index (κ3) is 3.41. The molecule has 0 aliphatic heterocycles. The van der Waals surface area contributed by atoms with Crippen LogP contribution in [-0.2, 0) is 10.0 Å². The molecule has 102 valence electrons. The fraction of sp³-hybridized carbons (Fsp3) is 0.545. The van der Waals surface area contributed by atoms with Crippen molar-refractivity contribution in [1.82, 2.24) is 9.29 Å². The fourth-order valence-electron chi connectivity index (χ4n) is 1.43. The van der Waals surface area contributed by atoms with Crippen molar-refractivity contribution < 1.29 is 8.42 Å². The van der Waals surface area contributed by atoms with Gasteiger partial charge in [-0.2, -0.15) is 0 Å². The Hall–Kier alpha value is -1.18. The highest BCUT2D eigenvalue weighted by Gasteiger charge is 2.23. The third-order valence-corrected chi connectivity index (χ3v) is 4.53. The number of sulfonamides is 1. The van der Waals surface area contributed by atoms with E-state index in [0.29, 0.717) is 18.2 Å². The number of hydrogen-bond acceptors (Lipinski definition) is 5. The van der Waals surface area contributed by atoms with Gasteiger partial charge in [0.25, 0.3) is 0 Å². The molecule has 0 aliphatic rings. The number of hydrogen-bond donors (Lipinski definition) is 2. The zero-order valence-electron chi connectivity index (χ0n) is 10.9. The van der Waals surface area contributed by atoms with Gasteiger partial charge < -0.3 is 5.43 Å². The second-order valence-electron chi connectivity index (χ2n) is 4.53. The van der Waals surface area contributed by atoms with Gasteiger partial charge in [-0.05, 0) is 18.4 Å². The van der Waals surface area contributed by atoms with Crippen molar-refractivity contribution in [3.8, 4) is 0 Å². The van der Waals surface area contributed by atoms with E-state index in [4.69, 9.17) is 5.84 Å². The topological polar surface area (TPSA) is 88.3 Å². The minimum atomic E-state index is -3.55. The molecule has 1 aromatic heterocycles. The molecule has 0 atom stereocenters. The summed E-state index contributed by atoms with van der Waals surface area (Å²) in [6, 6.07) is 1.53. The second-order valence-corrected chi connectivity index (χ2v) is 6.54. The Kier molecular flexibility index (Phi) is 5.06. The van der Waals surface area contributed by atoms with Gasteiger partial charge in [0.2, 0.25) is 10.0 Å². The Balaban J connectivity index is 2.98. The Morgan fingerprint density at radius 2 is 2.17 bits per heavy atom. The van der Waals surface area contributed by atoms with Crippen LogP contribution in [0.1, 0.15) is 20.3 Å². The summed E-state index contributed by atoms with van der Waals surface area (Å²) in [5.74, 6) is 5.76. The maximum Gasteiger partial charge on any atom is 0.246 e. The first-order chi connectivity index (χ1) is 8.39. The predicted octanol–water partition coefficient (Wildman–Crippen LogP) is 1.03. The van der Waals surface area contributed by atoms with Crippen molar-refractivity contribution in [3.63, 3.8) is 0 Å². The largest absolute Gasteiger partial charge is 0.323 e. The maximum absolute atomic E-state index is 12.3. The molecule has 7 heteroatoms. The van der Waals surface area contributed by atoms with Crippen molar-refractivity contribution in [2.45, 2.75) is 25.2 Å². The predicted molar refractivity (Wildman–Crippen MR) is 71.3 cm³/mol. The van der Waals surface area contributed by atoms with Gasteiger partial charge in [0.1, 0.15) is 4.90 Å². The van der Waals surface area contributed by atoms with Crippen LogP contribution in [0.2, 0.25) is 0 Å². The van der Waals surface area contributed by atoms with Crippen LogP contribution in [0.15, 0.2) is 23.4 Å². The lowest BCUT2D eigenvalue weighted by Crippen LogP contribution is -2.29. The molecular formula is C11H20N4O2S. The van der Waals surface area contributed by atoms with E-state index in [0.717, 1.165) is 6.42 Å². The summed E-state index contributed by atoms with van der Waals surface area (Å²) >= 11 is 0. The average molecular weight is 272 g/mol. The molecule has 0 saturated heterocycles. The monoisotopic (exact) mass is 272 g/mol. The van der Waals surface area contributed by atoms with Crippen LogP contribution in [0.4, 0.5) is 5.69 Å². The molecule has 18 heavy (non-hydrogen) atoms. The number of nitrogens with zero attached hydrogens (tertiary/aromatic N) is 2.